The van der Waals surface area contributed by atoms with Crippen molar-refractivity contribution < 1.29 is 9.21 Å². The van der Waals surface area contributed by atoms with Crippen molar-refractivity contribution in [1.29, 1.82) is 0 Å². The molecular formula is C20H18N6O2S2. The van der Waals surface area contributed by atoms with Crippen LogP contribution in [-0.2, 0) is 12.3 Å². The summed E-state index contributed by atoms with van der Waals surface area (Å²) in [5.41, 5.74) is 1.49. The topological polar surface area (TPSA) is 102 Å². The summed E-state index contributed by atoms with van der Waals surface area (Å²) in [5.74, 6) is 1.25. The van der Waals surface area contributed by atoms with Crippen molar-refractivity contribution >= 4 is 40.9 Å². The SMILES string of the molecule is O=C(NCc1n[nH]c(=S)n1C1CC1)c1oc2ccccc2c1CSc1ncccn1. The van der Waals surface area contributed by atoms with Gasteiger partial charge in [0.2, 0.25) is 0 Å². The molecule has 1 saturated carbocycles. The first-order valence-corrected chi connectivity index (χ1v) is 10.9. The predicted octanol–water partition coefficient (Wildman–Crippen LogP) is 4.03. The van der Waals surface area contributed by atoms with E-state index in [4.69, 9.17) is 16.6 Å². The van der Waals surface area contributed by atoms with E-state index in [1.807, 2.05) is 28.8 Å². The second kappa shape index (κ2) is 8.04. The van der Waals surface area contributed by atoms with E-state index in [0.29, 0.717) is 33.1 Å². The van der Waals surface area contributed by atoms with Crippen molar-refractivity contribution in [2.45, 2.75) is 36.3 Å². The molecule has 30 heavy (non-hydrogen) atoms. The van der Waals surface area contributed by atoms with Gasteiger partial charge in [-0.15, -0.1) is 0 Å². The molecule has 1 aromatic carbocycles. The number of aromatic nitrogens is 5. The predicted molar refractivity (Wildman–Crippen MR) is 115 cm³/mol. The van der Waals surface area contributed by atoms with Crippen LogP contribution in [-0.4, -0.2) is 30.6 Å². The number of benzene rings is 1. The second-order valence-electron chi connectivity index (χ2n) is 6.95. The van der Waals surface area contributed by atoms with Crippen LogP contribution in [0.1, 0.15) is 40.8 Å². The van der Waals surface area contributed by atoms with Crippen molar-refractivity contribution in [2.24, 2.45) is 0 Å². The Morgan fingerprint density at radius 3 is 2.87 bits per heavy atom. The summed E-state index contributed by atoms with van der Waals surface area (Å²) >= 11 is 6.77. The fourth-order valence-electron chi connectivity index (χ4n) is 3.33. The van der Waals surface area contributed by atoms with E-state index in [9.17, 15) is 4.79 Å². The van der Waals surface area contributed by atoms with Crippen molar-refractivity contribution in [3.63, 3.8) is 0 Å². The van der Waals surface area contributed by atoms with E-state index in [1.54, 1.807) is 18.5 Å². The van der Waals surface area contributed by atoms with Gasteiger partial charge in [0.15, 0.2) is 21.5 Å². The molecule has 10 heteroatoms. The standard InChI is InChI=1S/C20H18N6O2S2/c27-18(23-10-16-24-25-20(29)26(16)12-6-7-12)17-14(11-30-19-21-8-3-9-22-19)13-4-1-2-5-15(13)28-17/h1-5,8-9,12H,6-7,10-11H2,(H,23,27)(H,25,29). The van der Waals surface area contributed by atoms with Crippen molar-refractivity contribution in [2.75, 3.05) is 0 Å². The summed E-state index contributed by atoms with van der Waals surface area (Å²) in [5, 5.41) is 11.6. The van der Waals surface area contributed by atoms with Gasteiger partial charge in [0.05, 0.1) is 6.54 Å². The number of H-pyrrole nitrogens is 1. The highest BCUT2D eigenvalue weighted by Gasteiger charge is 2.28. The molecular weight excluding hydrogens is 420 g/mol. The van der Waals surface area contributed by atoms with Crippen LogP contribution >= 0.6 is 24.0 Å². The number of aromatic amines is 1. The molecule has 0 unspecified atom stereocenters. The molecule has 2 N–H and O–H groups in total. The van der Waals surface area contributed by atoms with Gasteiger partial charge in [-0.25, -0.2) is 9.97 Å². The molecule has 0 spiro atoms. The minimum absolute atomic E-state index is 0.272. The van der Waals surface area contributed by atoms with Crippen molar-refractivity contribution in [1.82, 2.24) is 30.0 Å². The summed E-state index contributed by atoms with van der Waals surface area (Å²) in [4.78, 5) is 21.5. The van der Waals surface area contributed by atoms with Crippen molar-refractivity contribution in [3.05, 3.63) is 64.6 Å². The highest BCUT2D eigenvalue weighted by Crippen LogP contribution is 2.36. The van der Waals surface area contributed by atoms with E-state index in [0.717, 1.165) is 29.6 Å². The molecule has 1 aliphatic rings. The van der Waals surface area contributed by atoms with Crippen LogP contribution in [0.15, 0.2) is 52.3 Å². The zero-order chi connectivity index (χ0) is 20.5. The number of furan rings is 1. The molecule has 3 aromatic heterocycles. The molecule has 0 aliphatic heterocycles. The van der Waals surface area contributed by atoms with Crippen LogP contribution < -0.4 is 5.32 Å². The maximum Gasteiger partial charge on any atom is 0.287 e. The molecule has 0 bridgehead atoms. The minimum Gasteiger partial charge on any atom is -0.451 e. The number of nitrogens with one attached hydrogen (secondary N) is 2. The normalized spacial score (nSPS) is 13.6. The number of rotatable bonds is 7. The number of hydrogen-bond acceptors (Lipinski definition) is 7. The number of nitrogens with zero attached hydrogens (tertiary/aromatic N) is 4. The van der Waals surface area contributed by atoms with Gasteiger partial charge in [-0.2, -0.15) is 5.10 Å². The summed E-state index contributed by atoms with van der Waals surface area (Å²) in [6.45, 7) is 0.272. The van der Waals surface area contributed by atoms with E-state index in [2.05, 4.69) is 25.5 Å². The van der Waals surface area contributed by atoms with Crippen LogP contribution in [0.25, 0.3) is 11.0 Å². The molecule has 1 aliphatic carbocycles. The lowest BCUT2D eigenvalue weighted by Gasteiger charge is -2.07. The average molecular weight is 439 g/mol. The lowest BCUT2D eigenvalue weighted by Crippen LogP contribution is -2.25. The van der Waals surface area contributed by atoms with E-state index >= 15 is 0 Å². The van der Waals surface area contributed by atoms with Gasteiger partial charge < -0.3 is 9.73 Å². The van der Waals surface area contributed by atoms with Crippen LogP contribution in [0, 0.1) is 4.77 Å². The Morgan fingerprint density at radius 2 is 2.07 bits per heavy atom. The summed E-state index contributed by atoms with van der Waals surface area (Å²) in [7, 11) is 0. The van der Waals surface area contributed by atoms with Gasteiger partial charge in [-0.05, 0) is 37.2 Å². The van der Waals surface area contributed by atoms with Crippen LogP contribution in [0.3, 0.4) is 0 Å². The number of thioether (sulfide) groups is 1. The number of carbonyl (C=O) groups is 1. The molecule has 3 heterocycles. The zero-order valence-corrected chi connectivity index (χ0v) is 17.5. The third-order valence-corrected chi connectivity index (χ3v) is 6.08. The lowest BCUT2D eigenvalue weighted by atomic mass is 10.1. The highest BCUT2D eigenvalue weighted by molar-refractivity contribution is 7.98. The van der Waals surface area contributed by atoms with Crippen LogP contribution in [0.2, 0.25) is 0 Å². The monoisotopic (exact) mass is 438 g/mol. The van der Waals surface area contributed by atoms with Crippen LogP contribution in [0.4, 0.5) is 0 Å². The van der Waals surface area contributed by atoms with Gasteiger partial charge in [0.1, 0.15) is 5.58 Å². The van der Waals surface area contributed by atoms with E-state index in [1.165, 1.54) is 11.8 Å². The minimum atomic E-state index is -0.285. The van der Waals surface area contributed by atoms with Gasteiger partial charge in [-0.3, -0.25) is 14.5 Å². The lowest BCUT2D eigenvalue weighted by molar-refractivity contribution is 0.0923. The molecule has 8 nitrogen and oxygen atoms in total. The fourth-order valence-corrected chi connectivity index (χ4v) is 4.46. The summed E-state index contributed by atoms with van der Waals surface area (Å²) in [6.07, 6.45) is 5.56. The maximum absolute atomic E-state index is 13.0. The first-order valence-electron chi connectivity index (χ1n) is 9.55. The summed E-state index contributed by atoms with van der Waals surface area (Å²) in [6, 6.07) is 9.78. The Morgan fingerprint density at radius 1 is 1.27 bits per heavy atom. The van der Waals surface area contributed by atoms with E-state index < -0.39 is 0 Å². The first kappa shape index (κ1) is 19.0. The van der Waals surface area contributed by atoms with E-state index in [-0.39, 0.29) is 12.5 Å². The molecule has 0 radical (unpaired) electrons. The second-order valence-corrected chi connectivity index (χ2v) is 8.28. The highest BCUT2D eigenvalue weighted by atomic mass is 32.2. The number of para-hydroxylation sites is 1. The molecule has 4 aromatic rings. The molecule has 1 amide bonds. The Balaban J connectivity index is 1.39. The third kappa shape index (κ3) is 3.75. The smallest absolute Gasteiger partial charge is 0.287 e. The number of hydrogen-bond donors (Lipinski definition) is 2. The first-order chi connectivity index (χ1) is 14.7. The Labute approximate surface area is 181 Å². The largest absolute Gasteiger partial charge is 0.451 e. The Bertz CT molecular complexity index is 1260. The summed E-state index contributed by atoms with van der Waals surface area (Å²) < 4.78 is 8.48. The van der Waals surface area contributed by atoms with Crippen molar-refractivity contribution in [3.8, 4) is 0 Å². The Kier molecular flexibility index (Phi) is 5.09. The van der Waals surface area contributed by atoms with Gasteiger partial charge >= 0.3 is 0 Å². The quantitative estimate of drug-likeness (QED) is 0.255. The molecule has 1 fully saturated rings. The molecule has 5 rings (SSSR count). The number of carbonyl (C=O) groups excluding carboxylic acids is 1. The zero-order valence-electron chi connectivity index (χ0n) is 15.9. The number of amides is 1. The molecule has 152 valence electrons. The maximum atomic E-state index is 13.0. The molecule has 0 atom stereocenters. The third-order valence-electron chi connectivity index (χ3n) is 4.89. The van der Waals surface area contributed by atoms with Crippen LogP contribution in [0.5, 0.6) is 0 Å². The number of fused-ring (bicyclic) bond motifs is 1. The Hall–Kier alpha value is -2.98. The average Bonchev–Trinajstić information content (AvgIpc) is 3.44. The molecule has 0 saturated heterocycles. The van der Waals surface area contributed by atoms with Gasteiger partial charge in [-0.1, -0.05) is 30.0 Å². The van der Waals surface area contributed by atoms with Gasteiger partial charge in [0.25, 0.3) is 5.91 Å². The van der Waals surface area contributed by atoms with Gasteiger partial charge in [0, 0.05) is 35.1 Å². The fraction of sp³-hybridized carbons (Fsp3) is 0.250.